The van der Waals surface area contributed by atoms with E-state index in [1.165, 1.54) is 5.56 Å². The Labute approximate surface area is 114 Å². The van der Waals surface area contributed by atoms with Gasteiger partial charge in [0.1, 0.15) is 0 Å². The maximum Gasteiger partial charge on any atom is 0.161 e. The van der Waals surface area contributed by atoms with Gasteiger partial charge in [0.05, 0.1) is 13.7 Å². The number of ether oxygens (including phenoxy) is 2. The van der Waals surface area contributed by atoms with Crippen LogP contribution < -0.4 is 20.1 Å². The van der Waals surface area contributed by atoms with Crippen molar-refractivity contribution in [1.29, 1.82) is 0 Å². The lowest BCUT2D eigenvalue weighted by atomic mass is 10.0. The van der Waals surface area contributed by atoms with Gasteiger partial charge >= 0.3 is 0 Å². The highest BCUT2D eigenvalue weighted by Gasteiger charge is 2.16. The molecule has 1 atom stereocenters. The maximum absolute atomic E-state index is 5.59. The van der Waals surface area contributed by atoms with E-state index in [0.29, 0.717) is 12.6 Å². The Morgan fingerprint density at radius 3 is 2.72 bits per heavy atom. The molecule has 1 aliphatic rings. The predicted molar refractivity (Wildman–Crippen MR) is 75.0 cm³/mol. The number of piperazine rings is 1. The van der Waals surface area contributed by atoms with Crippen LogP contribution in [0.2, 0.25) is 0 Å². The fourth-order valence-electron chi connectivity index (χ4n) is 2.07. The zero-order valence-electron chi connectivity index (χ0n) is 10.9. The van der Waals surface area contributed by atoms with Crippen LogP contribution in [0.4, 0.5) is 0 Å². The summed E-state index contributed by atoms with van der Waals surface area (Å²) in [5.41, 5.74) is 1.24. The van der Waals surface area contributed by atoms with E-state index in [2.05, 4.69) is 22.8 Å². The summed E-state index contributed by atoms with van der Waals surface area (Å²) in [4.78, 5) is 0. The van der Waals surface area contributed by atoms with Crippen LogP contribution in [0.25, 0.3) is 0 Å². The zero-order chi connectivity index (χ0) is 12.1. The summed E-state index contributed by atoms with van der Waals surface area (Å²) in [6, 6.07) is 6.48. The van der Waals surface area contributed by atoms with Crippen molar-refractivity contribution in [3.63, 3.8) is 0 Å². The molecule has 102 valence electrons. The van der Waals surface area contributed by atoms with Crippen LogP contribution in [0.5, 0.6) is 11.5 Å². The Hall–Kier alpha value is -0.970. The minimum Gasteiger partial charge on any atom is -0.493 e. The molecular formula is C13H21ClN2O2. The van der Waals surface area contributed by atoms with E-state index < -0.39 is 0 Å². The van der Waals surface area contributed by atoms with Crippen molar-refractivity contribution in [3.05, 3.63) is 23.8 Å². The summed E-state index contributed by atoms with van der Waals surface area (Å²) in [6.45, 7) is 5.62. The topological polar surface area (TPSA) is 42.5 Å². The normalized spacial score (nSPS) is 18.9. The second kappa shape index (κ2) is 7.46. The van der Waals surface area contributed by atoms with Crippen LogP contribution in [0.15, 0.2) is 18.2 Å². The lowest BCUT2D eigenvalue weighted by molar-refractivity contribution is 0.309. The molecular weight excluding hydrogens is 252 g/mol. The molecule has 0 spiro atoms. The van der Waals surface area contributed by atoms with Crippen LogP contribution in [-0.4, -0.2) is 33.4 Å². The number of halogens is 1. The van der Waals surface area contributed by atoms with Crippen molar-refractivity contribution < 1.29 is 9.47 Å². The Morgan fingerprint density at radius 2 is 2.11 bits per heavy atom. The molecule has 1 aromatic rings. The number of rotatable bonds is 4. The van der Waals surface area contributed by atoms with E-state index in [1.807, 2.05) is 13.0 Å². The molecule has 0 unspecified atom stereocenters. The predicted octanol–water partition coefficient (Wildman–Crippen LogP) is 1.75. The summed E-state index contributed by atoms with van der Waals surface area (Å²) < 4.78 is 10.9. The molecule has 0 aromatic heterocycles. The lowest BCUT2D eigenvalue weighted by Gasteiger charge is -2.25. The Kier molecular flexibility index (Phi) is 6.25. The number of benzene rings is 1. The average molecular weight is 273 g/mol. The minimum atomic E-state index is 0. The quantitative estimate of drug-likeness (QED) is 0.876. The zero-order valence-corrected chi connectivity index (χ0v) is 11.7. The first-order valence-corrected chi connectivity index (χ1v) is 6.10. The Balaban J connectivity index is 0.00000162. The maximum atomic E-state index is 5.59. The smallest absolute Gasteiger partial charge is 0.161 e. The molecule has 5 heteroatoms. The molecule has 0 bridgehead atoms. The van der Waals surface area contributed by atoms with Crippen molar-refractivity contribution in [1.82, 2.24) is 10.6 Å². The molecule has 0 amide bonds. The van der Waals surface area contributed by atoms with Gasteiger partial charge in [0.2, 0.25) is 0 Å². The minimum absolute atomic E-state index is 0. The van der Waals surface area contributed by atoms with Gasteiger partial charge in [0.15, 0.2) is 11.5 Å². The Morgan fingerprint density at radius 1 is 1.28 bits per heavy atom. The second-order valence-electron chi connectivity index (χ2n) is 4.05. The third kappa shape index (κ3) is 3.51. The van der Waals surface area contributed by atoms with Gasteiger partial charge in [-0.15, -0.1) is 12.4 Å². The first-order chi connectivity index (χ1) is 8.35. The Bertz CT molecular complexity index is 368. The van der Waals surface area contributed by atoms with Gasteiger partial charge in [-0.2, -0.15) is 0 Å². The largest absolute Gasteiger partial charge is 0.493 e. The fraction of sp³-hybridized carbons (Fsp3) is 0.538. The molecule has 0 aliphatic carbocycles. The van der Waals surface area contributed by atoms with Gasteiger partial charge in [-0.05, 0) is 24.6 Å². The monoisotopic (exact) mass is 272 g/mol. The van der Waals surface area contributed by atoms with Gasteiger partial charge in [-0.25, -0.2) is 0 Å². The first-order valence-electron chi connectivity index (χ1n) is 6.10. The molecule has 2 N–H and O–H groups in total. The number of hydrogen-bond donors (Lipinski definition) is 2. The van der Waals surface area contributed by atoms with Gasteiger partial charge in [0, 0.05) is 25.7 Å². The summed E-state index contributed by atoms with van der Waals surface area (Å²) in [6.07, 6.45) is 0. The average Bonchev–Trinajstić information content (AvgIpc) is 2.40. The van der Waals surface area contributed by atoms with E-state index in [4.69, 9.17) is 9.47 Å². The molecule has 4 nitrogen and oxygen atoms in total. The second-order valence-corrected chi connectivity index (χ2v) is 4.05. The van der Waals surface area contributed by atoms with Crippen LogP contribution in [-0.2, 0) is 0 Å². The molecule has 0 saturated carbocycles. The van der Waals surface area contributed by atoms with E-state index >= 15 is 0 Å². The van der Waals surface area contributed by atoms with Crippen LogP contribution in [0.1, 0.15) is 18.5 Å². The highest BCUT2D eigenvalue weighted by Crippen LogP contribution is 2.30. The van der Waals surface area contributed by atoms with Crippen LogP contribution in [0, 0.1) is 0 Å². The van der Waals surface area contributed by atoms with E-state index in [9.17, 15) is 0 Å². The summed E-state index contributed by atoms with van der Waals surface area (Å²) >= 11 is 0. The summed E-state index contributed by atoms with van der Waals surface area (Å²) in [5, 5.41) is 6.86. The number of nitrogens with one attached hydrogen (secondary N) is 2. The molecule has 1 aliphatic heterocycles. The van der Waals surface area contributed by atoms with E-state index in [0.717, 1.165) is 31.1 Å². The summed E-state index contributed by atoms with van der Waals surface area (Å²) in [5.74, 6) is 1.61. The van der Waals surface area contributed by atoms with Crippen molar-refractivity contribution in [2.24, 2.45) is 0 Å². The van der Waals surface area contributed by atoms with Gasteiger partial charge in [-0.1, -0.05) is 6.07 Å². The molecule has 1 aromatic carbocycles. The first kappa shape index (κ1) is 15.1. The van der Waals surface area contributed by atoms with E-state index in [1.54, 1.807) is 7.11 Å². The third-order valence-corrected chi connectivity index (χ3v) is 2.93. The SMILES string of the molecule is CCOc1cc([C@H]2CNCCN2)ccc1OC.Cl. The number of hydrogen-bond acceptors (Lipinski definition) is 4. The van der Waals surface area contributed by atoms with Gasteiger partial charge < -0.3 is 20.1 Å². The fourth-order valence-corrected chi connectivity index (χ4v) is 2.07. The molecule has 2 rings (SSSR count). The van der Waals surface area contributed by atoms with Gasteiger partial charge in [0.25, 0.3) is 0 Å². The molecule has 1 heterocycles. The summed E-state index contributed by atoms with van der Waals surface area (Å²) in [7, 11) is 1.66. The highest BCUT2D eigenvalue weighted by atomic mass is 35.5. The van der Waals surface area contributed by atoms with Crippen molar-refractivity contribution in [2.45, 2.75) is 13.0 Å². The van der Waals surface area contributed by atoms with Crippen molar-refractivity contribution in [3.8, 4) is 11.5 Å². The molecule has 1 fully saturated rings. The molecule has 18 heavy (non-hydrogen) atoms. The molecule has 0 radical (unpaired) electrons. The lowest BCUT2D eigenvalue weighted by Crippen LogP contribution is -2.42. The van der Waals surface area contributed by atoms with E-state index in [-0.39, 0.29) is 12.4 Å². The van der Waals surface area contributed by atoms with Crippen LogP contribution >= 0.6 is 12.4 Å². The van der Waals surface area contributed by atoms with Crippen LogP contribution in [0.3, 0.4) is 0 Å². The standard InChI is InChI=1S/C13H20N2O2.ClH/c1-3-17-13-8-10(4-5-12(13)16-2)11-9-14-6-7-15-11;/h4-5,8,11,14-15H,3,6-7,9H2,1-2H3;1H/t11-;/m1./s1. The third-order valence-electron chi connectivity index (χ3n) is 2.93. The highest BCUT2D eigenvalue weighted by molar-refractivity contribution is 5.85. The molecule has 1 saturated heterocycles. The van der Waals surface area contributed by atoms with Gasteiger partial charge in [-0.3, -0.25) is 0 Å². The van der Waals surface area contributed by atoms with Crippen molar-refractivity contribution in [2.75, 3.05) is 33.4 Å². The van der Waals surface area contributed by atoms with Crippen molar-refractivity contribution >= 4 is 12.4 Å². The number of methoxy groups -OCH3 is 1.